The Morgan fingerprint density at radius 3 is 2.66 bits per heavy atom. The lowest BCUT2D eigenvalue weighted by Gasteiger charge is -2.09. The molecular formula is C23H17N5O. The Labute approximate surface area is 168 Å². The first-order chi connectivity index (χ1) is 14.2. The molecule has 4 aromatic rings. The number of benzene rings is 2. The van der Waals surface area contributed by atoms with Gasteiger partial charge in [-0.1, -0.05) is 36.4 Å². The van der Waals surface area contributed by atoms with Crippen molar-refractivity contribution in [3.63, 3.8) is 0 Å². The molecule has 0 fully saturated rings. The van der Waals surface area contributed by atoms with Crippen molar-refractivity contribution < 1.29 is 4.79 Å². The van der Waals surface area contributed by atoms with Gasteiger partial charge >= 0.3 is 0 Å². The molecule has 0 aliphatic rings. The summed E-state index contributed by atoms with van der Waals surface area (Å²) in [6.07, 6.45) is 3.39. The first kappa shape index (κ1) is 18.1. The fourth-order valence-electron chi connectivity index (χ4n) is 2.95. The molecule has 2 aromatic carbocycles. The number of nitrogens with zero attached hydrogens (tertiary/aromatic N) is 4. The molecule has 6 heteroatoms. The second-order valence-electron chi connectivity index (χ2n) is 6.41. The van der Waals surface area contributed by atoms with Gasteiger partial charge in [0.2, 0.25) is 0 Å². The minimum Gasteiger partial charge on any atom is -0.366 e. The molecule has 2 aromatic heterocycles. The molecule has 6 nitrogen and oxygen atoms in total. The molecule has 140 valence electrons. The molecule has 0 aliphatic carbocycles. The van der Waals surface area contributed by atoms with E-state index in [1.54, 1.807) is 36.7 Å². The van der Waals surface area contributed by atoms with E-state index in [0.717, 1.165) is 11.1 Å². The number of hydrogen-bond donors (Lipinski definition) is 1. The highest BCUT2D eigenvalue weighted by Crippen LogP contribution is 2.23. The molecule has 2 heterocycles. The van der Waals surface area contributed by atoms with E-state index in [1.807, 2.05) is 48.5 Å². The van der Waals surface area contributed by atoms with Gasteiger partial charge in [0.1, 0.15) is 5.82 Å². The van der Waals surface area contributed by atoms with Crippen LogP contribution in [0.3, 0.4) is 0 Å². The summed E-state index contributed by atoms with van der Waals surface area (Å²) < 4.78 is 1.34. The SMILES string of the molecule is N#Cc1cccc(C(=O)n2nc(-c3cccnc3)cc2NCc2ccccc2)c1. The van der Waals surface area contributed by atoms with Gasteiger partial charge < -0.3 is 5.32 Å². The summed E-state index contributed by atoms with van der Waals surface area (Å²) >= 11 is 0. The second-order valence-corrected chi connectivity index (χ2v) is 6.41. The molecule has 0 saturated carbocycles. The summed E-state index contributed by atoms with van der Waals surface area (Å²) in [4.78, 5) is 17.3. The number of carbonyl (C=O) groups is 1. The van der Waals surface area contributed by atoms with Gasteiger partial charge in [-0.05, 0) is 35.9 Å². The van der Waals surface area contributed by atoms with Crippen molar-refractivity contribution in [3.8, 4) is 17.3 Å². The zero-order valence-corrected chi connectivity index (χ0v) is 15.5. The van der Waals surface area contributed by atoms with Crippen LogP contribution >= 0.6 is 0 Å². The first-order valence-corrected chi connectivity index (χ1v) is 9.08. The molecule has 0 unspecified atom stereocenters. The number of rotatable bonds is 5. The van der Waals surface area contributed by atoms with Gasteiger partial charge in [-0.2, -0.15) is 15.0 Å². The molecular weight excluding hydrogens is 362 g/mol. The Hall–Kier alpha value is -4.24. The van der Waals surface area contributed by atoms with Crippen LogP contribution in [-0.4, -0.2) is 20.7 Å². The third kappa shape index (κ3) is 4.04. The average Bonchev–Trinajstić information content (AvgIpc) is 3.23. The number of pyridine rings is 1. The summed E-state index contributed by atoms with van der Waals surface area (Å²) in [5.41, 5.74) is 3.36. The van der Waals surface area contributed by atoms with Gasteiger partial charge in [0.25, 0.3) is 5.91 Å². The van der Waals surface area contributed by atoms with Crippen LogP contribution in [-0.2, 0) is 6.54 Å². The van der Waals surface area contributed by atoms with Crippen molar-refractivity contribution in [3.05, 3.63) is 102 Å². The fourth-order valence-corrected chi connectivity index (χ4v) is 2.95. The molecule has 0 radical (unpaired) electrons. The largest absolute Gasteiger partial charge is 0.366 e. The molecule has 0 saturated heterocycles. The third-order valence-electron chi connectivity index (χ3n) is 4.41. The highest BCUT2D eigenvalue weighted by atomic mass is 16.2. The molecule has 0 aliphatic heterocycles. The van der Waals surface area contributed by atoms with Crippen molar-refractivity contribution in [1.82, 2.24) is 14.8 Å². The van der Waals surface area contributed by atoms with Gasteiger partial charge in [-0.3, -0.25) is 9.78 Å². The maximum atomic E-state index is 13.1. The van der Waals surface area contributed by atoms with Crippen LogP contribution in [0.2, 0.25) is 0 Å². The van der Waals surface area contributed by atoms with Crippen LogP contribution in [0.25, 0.3) is 11.3 Å². The lowest BCUT2D eigenvalue weighted by molar-refractivity contribution is 0.0948. The normalized spacial score (nSPS) is 10.3. The van der Waals surface area contributed by atoms with E-state index in [0.29, 0.717) is 29.2 Å². The van der Waals surface area contributed by atoms with Crippen LogP contribution < -0.4 is 5.32 Å². The topological polar surface area (TPSA) is 83.6 Å². The number of carbonyl (C=O) groups excluding carboxylic acids is 1. The molecule has 0 bridgehead atoms. The number of nitriles is 1. The predicted octanol–water partition coefficient (Wildman–Crippen LogP) is 4.12. The number of anilines is 1. The van der Waals surface area contributed by atoms with Crippen molar-refractivity contribution in [2.24, 2.45) is 0 Å². The van der Waals surface area contributed by atoms with Gasteiger partial charge in [-0.25, -0.2) is 0 Å². The Morgan fingerprint density at radius 1 is 1.03 bits per heavy atom. The Kier molecular flexibility index (Phi) is 5.12. The van der Waals surface area contributed by atoms with E-state index in [9.17, 15) is 4.79 Å². The lowest BCUT2D eigenvalue weighted by atomic mass is 10.1. The lowest BCUT2D eigenvalue weighted by Crippen LogP contribution is -2.17. The molecule has 29 heavy (non-hydrogen) atoms. The minimum atomic E-state index is -0.312. The van der Waals surface area contributed by atoms with Gasteiger partial charge in [-0.15, -0.1) is 0 Å². The van der Waals surface area contributed by atoms with Crippen molar-refractivity contribution >= 4 is 11.7 Å². The van der Waals surface area contributed by atoms with Crippen molar-refractivity contribution in [1.29, 1.82) is 5.26 Å². The maximum Gasteiger partial charge on any atom is 0.280 e. The minimum absolute atomic E-state index is 0.312. The standard InChI is InChI=1S/C23H17N5O/c24-14-18-8-4-9-19(12-18)23(29)28-22(26-15-17-6-2-1-3-7-17)13-21(27-28)20-10-5-11-25-16-20/h1-13,16,26H,15H2. The van der Waals surface area contributed by atoms with E-state index in [4.69, 9.17) is 5.26 Å². The molecule has 0 atom stereocenters. The first-order valence-electron chi connectivity index (χ1n) is 9.08. The van der Waals surface area contributed by atoms with Crippen LogP contribution in [0, 0.1) is 11.3 Å². The number of hydrogen-bond acceptors (Lipinski definition) is 5. The maximum absolute atomic E-state index is 13.1. The van der Waals surface area contributed by atoms with Crippen molar-refractivity contribution in [2.75, 3.05) is 5.32 Å². The van der Waals surface area contributed by atoms with E-state index in [1.165, 1.54) is 4.68 Å². The van der Waals surface area contributed by atoms with E-state index in [2.05, 4.69) is 21.5 Å². The van der Waals surface area contributed by atoms with Crippen molar-refractivity contribution in [2.45, 2.75) is 6.54 Å². The van der Waals surface area contributed by atoms with Crippen LogP contribution in [0.15, 0.2) is 85.2 Å². The molecule has 1 N–H and O–H groups in total. The van der Waals surface area contributed by atoms with Gasteiger partial charge in [0.15, 0.2) is 0 Å². The summed E-state index contributed by atoms with van der Waals surface area (Å²) in [7, 11) is 0. The monoisotopic (exact) mass is 379 g/mol. The smallest absolute Gasteiger partial charge is 0.280 e. The van der Waals surface area contributed by atoms with E-state index >= 15 is 0 Å². The van der Waals surface area contributed by atoms with Gasteiger partial charge in [0, 0.05) is 36.1 Å². The molecule has 0 amide bonds. The van der Waals surface area contributed by atoms with Crippen LogP contribution in [0.5, 0.6) is 0 Å². The van der Waals surface area contributed by atoms with Crippen LogP contribution in [0.4, 0.5) is 5.82 Å². The molecule has 0 spiro atoms. The zero-order valence-electron chi connectivity index (χ0n) is 15.5. The Bertz CT molecular complexity index is 1180. The second kappa shape index (κ2) is 8.19. The quantitative estimate of drug-likeness (QED) is 0.564. The third-order valence-corrected chi connectivity index (χ3v) is 4.41. The van der Waals surface area contributed by atoms with E-state index < -0.39 is 0 Å². The summed E-state index contributed by atoms with van der Waals surface area (Å²) in [6.45, 7) is 0.546. The fraction of sp³-hybridized carbons (Fsp3) is 0.0435. The number of aromatic nitrogens is 3. The highest BCUT2D eigenvalue weighted by Gasteiger charge is 2.17. The summed E-state index contributed by atoms with van der Waals surface area (Å²) in [6, 6.07) is 24.1. The highest BCUT2D eigenvalue weighted by molar-refractivity contribution is 5.98. The predicted molar refractivity (Wildman–Crippen MR) is 110 cm³/mol. The zero-order chi connectivity index (χ0) is 20.1. The average molecular weight is 379 g/mol. The summed E-state index contributed by atoms with van der Waals surface area (Å²) in [5, 5.41) is 16.9. The number of nitrogens with one attached hydrogen (secondary N) is 1. The Balaban J connectivity index is 1.71. The molecule has 4 rings (SSSR count). The summed E-state index contributed by atoms with van der Waals surface area (Å²) in [5.74, 6) is 0.257. The van der Waals surface area contributed by atoms with Gasteiger partial charge in [0.05, 0.1) is 17.3 Å². The Morgan fingerprint density at radius 2 is 1.90 bits per heavy atom. The van der Waals surface area contributed by atoms with Crippen LogP contribution in [0.1, 0.15) is 21.5 Å². The van der Waals surface area contributed by atoms with E-state index in [-0.39, 0.29) is 5.91 Å².